The summed E-state index contributed by atoms with van der Waals surface area (Å²) in [5.41, 5.74) is 3.78. The summed E-state index contributed by atoms with van der Waals surface area (Å²) in [4.78, 5) is 3.67. The molecule has 0 radical (unpaired) electrons. The third kappa shape index (κ3) is 9.29. The first-order valence-electron chi connectivity index (χ1n) is 14.0. The summed E-state index contributed by atoms with van der Waals surface area (Å²) < 4.78 is 82.3. The number of alkyl halides is 3. The molecular formula is C34H32F6O2. The maximum atomic E-state index is 14.7. The summed E-state index contributed by atoms with van der Waals surface area (Å²) in [5, 5.41) is 0. The first-order valence-corrected chi connectivity index (χ1v) is 14.0. The summed E-state index contributed by atoms with van der Waals surface area (Å²) in [7, 11) is 0. The van der Waals surface area contributed by atoms with Gasteiger partial charge in [-0.05, 0) is 84.3 Å². The van der Waals surface area contributed by atoms with E-state index >= 15 is 0 Å². The van der Waals surface area contributed by atoms with Gasteiger partial charge in [0.1, 0.15) is 17.4 Å². The molecule has 0 saturated carbocycles. The first-order chi connectivity index (χ1) is 20.2. The van der Waals surface area contributed by atoms with Crippen LogP contribution in [0.25, 0.3) is 22.3 Å². The van der Waals surface area contributed by atoms with Gasteiger partial charge in [0.15, 0.2) is 5.75 Å². The molecule has 0 unspecified atom stereocenters. The number of ether oxygens (including phenoxy) is 1. The van der Waals surface area contributed by atoms with Crippen molar-refractivity contribution in [1.82, 2.24) is 0 Å². The Morgan fingerprint density at radius 2 is 0.905 bits per heavy atom. The molecule has 0 aliphatic rings. The topological polar surface area (TPSA) is 18.5 Å². The van der Waals surface area contributed by atoms with Crippen LogP contribution in [0.3, 0.4) is 0 Å². The molecule has 0 aromatic heterocycles. The van der Waals surface area contributed by atoms with E-state index in [0.29, 0.717) is 22.3 Å². The molecule has 0 N–H and O–H groups in total. The maximum absolute atomic E-state index is 14.7. The predicted molar refractivity (Wildman–Crippen MR) is 152 cm³/mol. The summed E-state index contributed by atoms with van der Waals surface area (Å²) in [6.45, 7) is 0. The van der Waals surface area contributed by atoms with Gasteiger partial charge in [0, 0.05) is 15.7 Å². The number of hydrogen-bond acceptors (Lipinski definition) is 2. The van der Waals surface area contributed by atoms with Crippen LogP contribution in [0, 0.1) is 11.6 Å². The molecule has 8 heteroatoms. The number of unbranched alkanes of at least 4 members (excludes halogenated alkanes) is 6. The van der Waals surface area contributed by atoms with Crippen LogP contribution in [0.15, 0.2) is 84.9 Å². The highest BCUT2D eigenvalue weighted by Gasteiger charge is 2.31. The molecule has 2 nitrogen and oxygen atoms in total. The third-order valence-corrected chi connectivity index (χ3v) is 7.15. The minimum Gasteiger partial charge on any atom is -0.406 e. The molecule has 0 saturated heterocycles. The standard InChI is InChI=1S/C34H32F6O2/c35-32-22-24(10-20-30(32)26-12-16-28(17-13-26)41-34(37,38)39)8-6-4-2-1-3-5-7-9-25-11-21-31(33(36)23-25)27-14-18-29(42-40)19-15-27/h10-23H,1-9H2. The minimum absolute atomic E-state index is 0.0760. The number of rotatable bonds is 14. The molecule has 0 heterocycles. The lowest BCUT2D eigenvalue weighted by molar-refractivity contribution is -0.274. The fraction of sp³-hybridized carbons (Fsp3) is 0.294. The zero-order valence-electron chi connectivity index (χ0n) is 23.0. The summed E-state index contributed by atoms with van der Waals surface area (Å²) in [5.74, 6) is -0.980. The number of aryl methyl sites for hydroxylation is 2. The molecule has 222 valence electrons. The van der Waals surface area contributed by atoms with E-state index in [-0.39, 0.29) is 17.3 Å². The van der Waals surface area contributed by atoms with Crippen LogP contribution in [-0.2, 0) is 12.8 Å². The lowest BCUT2D eigenvalue weighted by Gasteiger charge is -2.10. The van der Waals surface area contributed by atoms with E-state index in [4.69, 9.17) is 0 Å². The van der Waals surface area contributed by atoms with Crippen molar-refractivity contribution in [3.8, 4) is 33.8 Å². The van der Waals surface area contributed by atoms with Crippen molar-refractivity contribution in [2.75, 3.05) is 0 Å². The Balaban J connectivity index is 1.11. The zero-order chi connectivity index (χ0) is 30.0. The summed E-state index contributed by atoms with van der Waals surface area (Å²) >= 11 is 0. The van der Waals surface area contributed by atoms with Crippen molar-refractivity contribution < 1.29 is 36.2 Å². The van der Waals surface area contributed by atoms with E-state index in [2.05, 4.69) is 9.68 Å². The van der Waals surface area contributed by atoms with Gasteiger partial charge in [-0.3, -0.25) is 4.94 Å². The van der Waals surface area contributed by atoms with Crippen LogP contribution >= 0.6 is 0 Å². The maximum Gasteiger partial charge on any atom is 0.573 e. The molecule has 0 bridgehead atoms. The fourth-order valence-corrected chi connectivity index (χ4v) is 4.96. The summed E-state index contributed by atoms with van der Waals surface area (Å²) in [6.07, 6.45) is 4.09. The largest absolute Gasteiger partial charge is 0.573 e. The number of hydrogen-bond donors (Lipinski definition) is 0. The highest BCUT2D eigenvalue weighted by Crippen LogP contribution is 2.29. The van der Waals surface area contributed by atoms with Crippen LogP contribution in [0.2, 0.25) is 0 Å². The molecule has 0 aliphatic carbocycles. The van der Waals surface area contributed by atoms with Gasteiger partial charge in [-0.1, -0.05) is 80.6 Å². The quantitative estimate of drug-likeness (QED) is 0.108. The van der Waals surface area contributed by atoms with E-state index in [1.807, 2.05) is 12.1 Å². The smallest absolute Gasteiger partial charge is 0.406 e. The normalized spacial score (nSPS) is 11.5. The molecule has 4 aromatic carbocycles. The Labute approximate surface area is 241 Å². The Kier molecular flexibility index (Phi) is 10.9. The molecule has 0 aliphatic heterocycles. The van der Waals surface area contributed by atoms with Gasteiger partial charge in [-0.2, -0.15) is 0 Å². The van der Waals surface area contributed by atoms with Gasteiger partial charge in [0.05, 0.1) is 0 Å². The Bertz CT molecular complexity index is 1420. The molecule has 0 atom stereocenters. The van der Waals surface area contributed by atoms with Crippen molar-refractivity contribution in [3.05, 3.63) is 108 Å². The average molecular weight is 587 g/mol. The zero-order valence-corrected chi connectivity index (χ0v) is 23.0. The lowest BCUT2D eigenvalue weighted by atomic mass is 9.99. The number of halogens is 6. The third-order valence-electron chi connectivity index (χ3n) is 7.15. The molecule has 0 spiro atoms. The van der Waals surface area contributed by atoms with Gasteiger partial charge in [-0.15, -0.1) is 13.2 Å². The van der Waals surface area contributed by atoms with Crippen LogP contribution in [0.1, 0.15) is 56.1 Å². The van der Waals surface area contributed by atoms with Gasteiger partial charge < -0.3 is 4.74 Å². The van der Waals surface area contributed by atoms with Crippen molar-refractivity contribution in [2.45, 2.75) is 64.1 Å². The van der Waals surface area contributed by atoms with Crippen molar-refractivity contribution >= 4 is 0 Å². The molecule has 0 amide bonds. The molecule has 0 fully saturated rings. The predicted octanol–water partition coefficient (Wildman–Crippen LogP) is 11.0. The SMILES string of the molecule is FOc1ccc(-c2ccc(CCCCCCCCCc3ccc(-c4ccc(OC(F)(F)F)cc4)c(F)c3)cc2F)cc1. The van der Waals surface area contributed by atoms with E-state index in [1.165, 1.54) is 42.5 Å². The summed E-state index contributed by atoms with van der Waals surface area (Å²) in [6, 6.07) is 21.5. The number of benzene rings is 4. The van der Waals surface area contributed by atoms with E-state index in [9.17, 15) is 26.5 Å². The fourth-order valence-electron chi connectivity index (χ4n) is 4.96. The Hall–Kier alpha value is -3.94. The second-order valence-electron chi connectivity index (χ2n) is 10.3. The molecule has 4 rings (SSSR count). The average Bonchev–Trinajstić information content (AvgIpc) is 2.96. The van der Waals surface area contributed by atoms with E-state index in [0.717, 1.165) is 68.9 Å². The van der Waals surface area contributed by atoms with E-state index in [1.54, 1.807) is 30.3 Å². The van der Waals surface area contributed by atoms with Crippen LogP contribution in [0.4, 0.5) is 26.5 Å². The van der Waals surface area contributed by atoms with Gasteiger partial charge >= 0.3 is 6.36 Å². The molecule has 4 aromatic rings. The van der Waals surface area contributed by atoms with Gasteiger partial charge in [0.25, 0.3) is 0 Å². The van der Waals surface area contributed by atoms with Crippen LogP contribution in [0.5, 0.6) is 11.5 Å². The molecule has 42 heavy (non-hydrogen) atoms. The Morgan fingerprint density at radius 3 is 1.29 bits per heavy atom. The van der Waals surface area contributed by atoms with Gasteiger partial charge in [-0.25, -0.2) is 8.78 Å². The van der Waals surface area contributed by atoms with Crippen LogP contribution < -0.4 is 9.68 Å². The lowest BCUT2D eigenvalue weighted by Crippen LogP contribution is -2.16. The van der Waals surface area contributed by atoms with Gasteiger partial charge in [0.2, 0.25) is 0 Å². The Morgan fingerprint density at radius 1 is 0.500 bits per heavy atom. The second-order valence-corrected chi connectivity index (χ2v) is 10.3. The van der Waals surface area contributed by atoms with Crippen molar-refractivity contribution in [2.24, 2.45) is 0 Å². The minimum atomic E-state index is -4.77. The second kappa shape index (κ2) is 14.8. The first kappa shape index (κ1) is 31.0. The van der Waals surface area contributed by atoms with E-state index < -0.39 is 12.2 Å². The highest BCUT2D eigenvalue weighted by atomic mass is 19.4. The molecular weight excluding hydrogens is 554 g/mol. The monoisotopic (exact) mass is 586 g/mol. The van der Waals surface area contributed by atoms with Crippen LogP contribution in [-0.4, -0.2) is 6.36 Å². The van der Waals surface area contributed by atoms with Crippen molar-refractivity contribution in [1.29, 1.82) is 0 Å². The van der Waals surface area contributed by atoms with Crippen molar-refractivity contribution in [3.63, 3.8) is 0 Å². The highest BCUT2D eigenvalue weighted by molar-refractivity contribution is 5.66.